The Balaban J connectivity index is 1.64. The number of halogens is 2. The number of hydrogen-bond acceptors (Lipinski definition) is 6. The third-order valence-corrected chi connectivity index (χ3v) is 6.39. The first kappa shape index (κ1) is 25.6. The van der Waals surface area contributed by atoms with Gasteiger partial charge in [0, 0.05) is 14.5 Å². The Kier molecular flexibility index (Phi) is 7.85. The van der Waals surface area contributed by atoms with Crippen LogP contribution in [0.4, 0.5) is 0 Å². The third-order valence-electron chi connectivity index (χ3n) is 5.21. The van der Waals surface area contributed by atoms with E-state index in [2.05, 4.69) is 41.9 Å². The van der Waals surface area contributed by atoms with Gasteiger partial charge in [-0.15, -0.1) is 0 Å². The van der Waals surface area contributed by atoms with Crippen molar-refractivity contribution in [2.45, 2.75) is 20.5 Å². The summed E-state index contributed by atoms with van der Waals surface area (Å²) < 4.78 is 14.4. The number of hydrogen-bond donors (Lipinski definition) is 1. The maximum Gasteiger partial charge on any atom is 0.335 e. The topological polar surface area (TPSA) is 103 Å². The van der Waals surface area contributed by atoms with Crippen LogP contribution in [0.3, 0.4) is 0 Å². The molecule has 1 N–H and O–H groups in total. The number of carbonyl (C=O) groups is 1. The number of ether oxygens (including phenoxy) is 2. The molecule has 0 fully saturated rings. The molecule has 4 aromatic rings. The third kappa shape index (κ3) is 5.66. The molecule has 184 valence electrons. The Labute approximate surface area is 223 Å². The fourth-order valence-corrected chi connectivity index (χ4v) is 4.29. The van der Waals surface area contributed by atoms with E-state index in [9.17, 15) is 14.7 Å². The maximum absolute atomic E-state index is 13.0. The van der Waals surface area contributed by atoms with E-state index < -0.39 is 5.97 Å². The molecule has 0 aliphatic heterocycles. The average Bonchev–Trinajstić information content (AvgIpc) is 2.85. The van der Waals surface area contributed by atoms with Crippen LogP contribution in [0.25, 0.3) is 10.9 Å². The molecule has 0 aliphatic rings. The Morgan fingerprint density at radius 1 is 1.11 bits per heavy atom. The first-order valence-corrected chi connectivity index (χ1v) is 12.5. The van der Waals surface area contributed by atoms with Gasteiger partial charge >= 0.3 is 5.97 Å². The van der Waals surface area contributed by atoms with Gasteiger partial charge in [0.2, 0.25) is 0 Å². The minimum Gasteiger partial charge on any atom is -0.490 e. The van der Waals surface area contributed by atoms with Crippen molar-refractivity contribution >= 4 is 54.9 Å². The van der Waals surface area contributed by atoms with Gasteiger partial charge < -0.3 is 14.6 Å². The fourth-order valence-electron chi connectivity index (χ4n) is 3.50. The molecular formula is C26H21Br2N3O5. The minimum absolute atomic E-state index is 0.161. The smallest absolute Gasteiger partial charge is 0.335 e. The van der Waals surface area contributed by atoms with Crippen molar-refractivity contribution in [1.82, 2.24) is 9.66 Å². The zero-order chi connectivity index (χ0) is 25.8. The fraction of sp³-hybridized carbons (Fsp3) is 0.154. The maximum atomic E-state index is 13.0. The van der Waals surface area contributed by atoms with Crippen LogP contribution >= 0.6 is 31.9 Å². The largest absolute Gasteiger partial charge is 0.490 e. The summed E-state index contributed by atoms with van der Waals surface area (Å²) in [4.78, 5) is 28.7. The van der Waals surface area contributed by atoms with E-state index in [0.29, 0.717) is 50.4 Å². The zero-order valence-electron chi connectivity index (χ0n) is 19.4. The first-order chi connectivity index (χ1) is 17.3. The predicted molar refractivity (Wildman–Crippen MR) is 144 cm³/mol. The molecule has 0 radical (unpaired) electrons. The molecule has 1 aromatic heterocycles. The second-order valence-corrected chi connectivity index (χ2v) is 9.50. The van der Waals surface area contributed by atoms with E-state index in [1.165, 1.54) is 10.7 Å². The van der Waals surface area contributed by atoms with Crippen LogP contribution in [0.15, 0.2) is 73.4 Å². The summed E-state index contributed by atoms with van der Waals surface area (Å²) in [6.45, 7) is 4.15. The van der Waals surface area contributed by atoms with E-state index in [1.807, 2.05) is 13.0 Å². The van der Waals surface area contributed by atoms with Crippen LogP contribution in [0.2, 0.25) is 0 Å². The van der Waals surface area contributed by atoms with E-state index in [4.69, 9.17) is 9.47 Å². The summed E-state index contributed by atoms with van der Waals surface area (Å²) in [5, 5.41) is 14.0. The summed E-state index contributed by atoms with van der Waals surface area (Å²) in [6.07, 6.45) is 1.55. The normalized spacial score (nSPS) is 11.2. The lowest BCUT2D eigenvalue weighted by atomic mass is 10.1. The van der Waals surface area contributed by atoms with Gasteiger partial charge in [-0.2, -0.15) is 9.78 Å². The zero-order valence-corrected chi connectivity index (χ0v) is 22.5. The molecule has 0 aliphatic carbocycles. The molecular weight excluding hydrogens is 594 g/mol. The van der Waals surface area contributed by atoms with Crippen molar-refractivity contribution < 1.29 is 19.4 Å². The number of aromatic nitrogens is 2. The number of fused-ring (bicyclic) bond motifs is 1. The van der Waals surface area contributed by atoms with Crippen molar-refractivity contribution in [1.29, 1.82) is 0 Å². The van der Waals surface area contributed by atoms with Gasteiger partial charge in [0.1, 0.15) is 12.4 Å². The lowest BCUT2D eigenvalue weighted by Gasteiger charge is -2.14. The Morgan fingerprint density at radius 2 is 1.89 bits per heavy atom. The lowest BCUT2D eigenvalue weighted by Crippen LogP contribution is -2.20. The van der Waals surface area contributed by atoms with Crippen LogP contribution in [0.5, 0.6) is 11.5 Å². The van der Waals surface area contributed by atoms with Gasteiger partial charge in [0.05, 0.1) is 29.3 Å². The summed E-state index contributed by atoms with van der Waals surface area (Å²) in [7, 11) is 0. The molecule has 1 heterocycles. The van der Waals surface area contributed by atoms with Gasteiger partial charge in [0.25, 0.3) is 5.56 Å². The van der Waals surface area contributed by atoms with Crippen molar-refractivity contribution in [3.05, 3.63) is 96.4 Å². The number of rotatable bonds is 8. The average molecular weight is 615 g/mol. The highest BCUT2D eigenvalue weighted by molar-refractivity contribution is 9.10. The summed E-state index contributed by atoms with van der Waals surface area (Å²) in [6, 6.07) is 15.4. The molecule has 36 heavy (non-hydrogen) atoms. The molecule has 0 saturated carbocycles. The number of benzene rings is 3. The molecule has 0 bridgehead atoms. The van der Waals surface area contributed by atoms with E-state index in [0.717, 1.165) is 4.47 Å². The van der Waals surface area contributed by atoms with Gasteiger partial charge in [0.15, 0.2) is 11.5 Å². The number of carboxylic acids is 1. The summed E-state index contributed by atoms with van der Waals surface area (Å²) >= 11 is 6.92. The molecule has 10 heteroatoms. The number of aromatic carboxylic acids is 1. The second-order valence-electron chi connectivity index (χ2n) is 7.73. The molecule has 0 spiro atoms. The highest BCUT2D eigenvalue weighted by Crippen LogP contribution is 2.34. The highest BCUT2D eigenvalue weighted by Gasteiger charge is 2.13. The monoisotopic (exact) mass is 613 g/mol. The molecule has 0 unspecified atom stereocenters. The number of carboxylic acid groups (broad SMARTS) is 1. The van der Waals surface area contributed by atoms with E-state index in [1.54, 1.807) is 55.6 Å². The second kappa shape index (κ2) is 11.0. The van der Waals surface area contributed by atoms with Crippen molar-refractivity contribution in [2.75, 3.05) is 6.61 Å². The molecule has 8 nitrogen and oxygen atoms in total. The van der Waals surface area contributed by atoms with Gasteiger partial charge in [-0.1, -0.05) is 28.1 Å². The van der Waals surface area contributed by atoms with Crippen LogP contribution in [-0.2, 0) is 6.61 Å². The van der Waals surface area contributed by atoms with Crippen molar-refractivity contribution in [2.24, 2.45) is 5.10 Å². The number of aryl methyl sites for hydroxylation is 1. The Morgan fingerprint density at radius 3 is 2.64 bits per heavy atom. The van der Waals surface area contributed by atoms with E-state index >= 15 is 0 Å². The van der Waals surface area contributed by atoms with Crippen LogP contribution in [0, 0.1) is 6.92 Å². The van der Waals surface area contributed by atoms with Crippen LogP contribution in [0.1, 0.15) is 34.2 Å². The summed E-state index contributed by atoms with van der Waals surface area (Å²) in [5.74, 6) is 0.422. The standard InChI is InChI=1S/C26H21Br2N3O5/c1-3-35-23-10-18(13-29-31-15(2)30-22-8-7-19(27)11-20(22)25(31)32)21(28)12-24(23)36-14-16-5-4-6-17(9-16)26(33)34/h4-13H,3,14H2,1-2H3,(H,33,34). The first-order valence-electron chi connectivity index (χ1n) is 10.9. The summed E-state index contributed by atoms with van der Waals surface area (Å²) in [5.41, 5.74) is 1.89. The predicted octanol–water partition coefficient (Wildman–Crippen LogP) is 5.79. The van der Waals surface area contributed by atoms with Gasteiger partial charge in [-0.25, -0.2) is 9.78 Å². The van der Waals surface area contributed by atoms with Gasteiger partial charge in [-0.3, -0.25) is 4.79 Å². The lowest BCUT2D eigenvalue weighted by molar-refractivity contribution is 0.0696. The number of nitrogens with zero attached hydrogens (tertiary/aromatic N) is 3. The molecule has 0 amide bonds. The Bertz CT molecular complexity index is 1550. The Hall–Kier alpha value is -3.50. The molecule has 4 rings (SSSR count). The molecule has 0 saturated heterocycles. The van der Waals surface area contributed by atoms with Crippen LogP contribution < -0.4 is 15.0 Å². The SMILES string of the molecule is CCOc1cc(C=Nn2c(C)nc3ccc(Br)cc3c2=O)c(Br)cc1OCc1cccc(C(=O)O)c1. The molecule has 0 atom stereocenters. The van der Waals surface area contributed by atoms with Gasteiger partial charge in [-0.05, 0) is 77.8 Å². The van der Waals surface area contributed by atoms with Crippen molar-refractivity contribution in [3.63, 3.8) is 0 Å². The molecule has 3 aromatic carbocycles. The quantitative estimate of drug-likeness (QED) is 0.252. The van der Waals surface area contributed by atoms with Crippen molar-refractivity contribution in [3.8, 4) is 11.5 Å². The highest BCUT2D eigenvalue weighted by atomic mass is 79.9. The van der Waals surface area contributed by atoms with Crippen LogP contribution in [-0.4, -0.2) is 33.6 Å². The van der Waals surface area contributed by atoms with E-state index in [-0.39, 0.29) is 17.7 Å². The minimum atomic E-state index is -0.998.